The van der Waals surface area contributed by atoms with Crippen molar-refractivity contribution in [3.8, 4) is 5.69 Å². The van der Waals surface area contributed by atoms with Gasteiger partial charge in [-0.3, -0.25) is 4.79 Å². The van der Waals surface area contributed by atoms with Crippen LogP contribution < -0.4 is 0 Å². The van der Waals surface area contributed by atoms with E-state index in [0.717, 1.165) is 31.7 Å². The monoisotopic (exact) mass is 271 g/mol. The highest BCUT2D eigenvalue weighted by Gasteiger charge is 2.20. The second-order valence-electron chi connectivity index (χ2n) is 5.04. The van der Waals surface area contributed by atoms with Crippen LogP contribution in [-0.2, 0) is 4.74 Å². The molecule has 0 spiro atoms. The SMILES string of the molecule is O=C(CC1CCOCC1)c1cnn(-c2ccccc2)n1. The third-order valence-corrected chi connectivity index (χ3v) is 3.58. The fourth-order valence-corrected chi connectivity index (χ4v) is 2.39. The van der Waals surface area contributed by atoms with E-state index in [1.165, 1.54) is 4.80 Å². The van der Waals surface area contributed by atoms with Crippen molar-refractivity contribution < 1.29 is 9.53 Å². The standard InChI is InChI=1S/C15H17N3O2/c19-15(10-12-6-8-20-9-7-12)14-11-16-18(17-14)13-4-2-1-3-5-13/h1-5,11-12H,6-10H2. The summed E-state index contributed by atoms with van der Waals surface area (Å²) in [5.74, 6) is 0.484. The summed E-state index contributed by atoms with van der Waals surface area (Å²) in [4.78, 5) is 13.7. The Morgan fingerprint density at radius 1 is 1.25 bits per heavy atom. The van der Waals surface area contributed by atoms with Crippen LogP contribution in [0.1, 0.15) is 29.8 Å². The molecule has 0 aliphatic carbocycles. The average Bonchev–Trinajstić information content (AvgIpc) is 2.99. The zero-order valence-corrected chi connectivity index (χ0v) is 11.2. The molecule has 0 saturated carbocycles. The molecule has 1 aliphatic heterocycles. The van der Waals surface area contributed by atoms with Crippen LogP contribution in [0, 0.1) is 5.92 Å². The number of rotatable bonds is 4. The van der Waals surface area contributed by atoms with Crippen LogP contribution >= 0.6 is 0 Å². The molecular weight excluding hydrogens is 254 g/mol. The molecule has 0 bridgehead atoms. The number of aromatic nitrogens is 3. The Labute approximate surface area is 117 Å². The van der Waals surface area contributed by atoms with Gasteiger partial charge in [0.1, 0.15) is 5.69 Å². The van der Waals surface area contributed by atoms with Gasteiger partial charge in [-0.15, -0.1) is 5.10 Å². The summed E-state index contributed by atoms with van der Waals surface area (Å²) in [6.45, 7) is 1.52. The van der Waals surface area contributed by atoms with E-state index in [-0.39, 0.29) is 5.78 Å². The van der Waals surface area contributed by atoms with Crippen molar-refractivity contribution >= 4 is 5.78 Å². The van der Waals surface area contributed by atoms with Gasteiger partial charge in [-0.1, -0.05) is 18.2 Å². The second-order valence-corrected chi connectivity index (χ2v) is 5.04. The van der Waals surface area contributed by atoms with E-state index in [1.807, 2.05) is 30.3 Å². The minimum Gasteiger partial charge on any atom is -0.381 e. The van der Waals surface area contributed by atoms with Crippen molar-refractivity contribution in [2.45, 2.75) is 19.3 Å². The smallest absolute Gasteiger partial charge is 0.185 e. The number of hydrogen-bond donors (Lipinski definition) is 0. The van der Waals surface area contributed by atoms with Gasteiger partial charge in [0.05, 0.1) is 11.9 Å². The molecule has 104 valence electrons. The molecule has 1 aromatic carbocycles. The Balaban J connectivity index is 1.68. The predicted octanol–water partition coefficient (Wildman–Crippen LogP) is 2.27. The van der Waals surface area contributed by atoms with Crippen LogP contribution in [0.15, 0.2) is 36.5 Å². The highest BCUT2D eigenvalue weighted by atomic mass is 16.5. The molecule has 2 aromatic rings. The molecule has 0 unspecified atom stereocenters. The van der Waals surface area contributed by atoms with Gasteiger partial charge in [0.15, 0.2) is 5.78 Å². The first-order chi connectivity index (χ1) is 9.83. The molecule has 1 aliphatic rings. The minimum absolute atomic E-state index is 0.0686. The van der Waals surface area contributed by atoms with Crippen molar-refractivity contribution in [1.82, 2.24) is 15.0 Å². The average molecular weight is 271 g/mol. The summed E-state index contributed by atoms with van der Waals surface area (Å²) in [5.41, 5.74) is 1.30. The van der Waals surface area contributed by atoms with E-state index in [9.17, 15) is 4.79 Å². The van der Waals surface area contributed by atoms with Gasteiger partial charge in [0, 0.05) is 19.6 Å². The van der Waals surface area contributed by atoms with E-state index < -0.39 is 0 Å². The topological polar surface area (TPSA) is 57.0 Å². The highest BCUT2D eigenvalue weighted by molar-refractivity contribution is 5.94. The lowest BCUT2D eigenvalue weighted by atomic mass is 9.94. The molecular formula is C15H17N3O2. The van der Waals surface area contributed by atoms with Crippen molar-refractivity contribution in [3.63, 3.8) is 0 Å². The number of ketones is 1. The van der Waals surface area contributed by atoms with Crippen LogP contribution in [0.25, 0.3) is 5.69 Å². The van der Waals surface area contributed by atoms with Gasteiger partial charge in [-0.25, -0.2) is 0 Å². The zero-order valence-electron chi connectivity index (χ0n) is 11.2. The lowest BCUT2D eigenvalue weighted by molar-refractivity contribution is 0.0599. The van der Waals surface area contributed by atoms with Crippen LogP contribution in [0.3, 0.4) is 0 Å². The quantitative estimate of drug-likeness (QED) is 0.800. The van der Waals surface area contributed by atoms with E-state index in [0.29, 0.717) is 18.0 Å². The zero-order chi connectivity index (χ0) is 13.8. The Morgan fingerprint density at radius 3 is 2.75 bits per heavy atom. The number of benzene rings is 1. The van der Waals surface area contributed by atoms with Gasteiger partial charge in [0.2, 0.25) is 0 Å². The Morgan fingerprint density at radius 2 is 2.00 bits per heavy atom. The Hall–Kier alpha value is -2.01. The number of carbonyl (C=O) groups excluding carboxylic acids is 1. The van der Waals surface area contributed by atoms with E-state index in [1.54, 1.807) is 6.20 Å². The Kier molecular flexibility index (Phi) is 3.87. The van der Waals surface area contributed by atoms with Gasteiger partial charge in [0.25, 0.3) is 0 Å². The predicted molar refractivity (Wildman–Crippen MR) is 73.8 cm³/mol. The number of para-hydroxylation sites is 1. The van der Waals surface area contributed by atoms with Crippen LogP contribution in [-0.4, -0.2) is 34.0 Å². The molecule has 20 heavy (non-hydrogen) atoms. The van der Waals surface area contributed by atoms with Crippen molar-refractivity contribution in [1.29, 1.82) is 0 Å². The molecule has 5 nitrogen and oxygen atoms in total. The maximum absolute atomic E-state index is 12.2. The highest BCUT2D eigenvalue weighted by Crippen LogP contribution is 2.20. The molecule has 1 saturated heterocycles. The lowest BCUT2D eigenvalue weighted by Crippen LogP contribution is -2.19. The van der Waals surface area contributed by atoms with E-state index in [2.05, 4.69) is 10.2 Å². The molecule has 1 aromatic heterocycles. The maximum Gasteiger partial charge on any atom is 0.185 e. The first-order valence-electron chi connectivity index (χ1n) is 6.91. The van der Waals surface area contributed by atoms with Gasteiger partial charge >= 0.3 is 0 Å². The summed E-state index contributed by atoms with van der Waals surface area (Å²) in [6.07, 6.45) is 4.00. The first-order valence-corrected chi connectivity index (χ1v) is 6.91. The summed E-state index contributed by atoms with van der Waals surface area (Å²) in [6, 6.07) is 9.59. The summed E-state index contributed by atoms with van der Waals surface area (Å²) in [5, 5.41) is 8.43. The normalized spacial score (nSPS) is 16.2. The van der Waals surface area contributed by atoms with Crippen molar-refractivity contribution in [2.24, 2.45) is 5.92 Å². The van der Waals surface area contributed by atoms with Crippen molar-refractivity contribution in [3.05, 3.63) is 42.2 Å². The fraction of sp³-hybridized carbons (Fsp3) is 0.400. The van der Waals surface area contributed by atoms with Crippen molar-refractivity contribution in [2.75, 3.05) is 13.2 Å². The first kappa shape index (κ1) is 13.0. The number of Topliss-reactive ketones (excluding diaryl/α,β-unsaturated/α-hetero) is 1. The van der Waals surface area contributed by atoms with E-state index in [4.69, 9.17) is 4.74 Å². The van der Waals surface area contributed by atoms with Crippen LogP contribution in [0.5, 0.6) is 0 Å². The molecule has 0 atom stereocenters. The minimum atomic E-state index is 0.0686. The van der Waals surface area contributed by atoms with Gasteiger partial charge < -0.3 is 4.74 Å². The largest absolute Gasteiger partial charge is 0.381 e. The molecule has 1 fully saturated rings. The summed E-state index contributed by atoms with van der Waals surface area (Å²) < 4.78 is 5.31. The number of ether oxygens (including phenoxy) is 1. The number of hydrogen-bond acceptors (Lipinski definition) is 4. The molecule has 5 heteroatoms. The molecule has 0 radical (unpaired) electrons. The maximum atomic E-state index is 12.2. The van der Waals surface area contributed by atoms with Crippen LogP contribution in [0.4, 0.5) is 0 Å². The van der Waals surface area contributed by atoms with Crippen LogP contribution in [0.2, 0.25) is 0 Å². The molecule has 2 heterocycles. The third kappa shape index (κ3) is 2.93. The van der Waals surface area contributed by atoms with E-state index >= 15 is 0 Å². The van der Waals surface area contributed by atoms with Gasteiger partial charge in [-0.2, -0.15) is 9.90 Å². The molecule has 0 N–H and O–H groups in total. The summed E-state index contributed by atoms with van der Waals surface area (Å²) >= 11 is 0. The fourth-order valence-electron chi connectivity index (χ4n) is 2.39. The second kappa shape index (κ2) is 5.96. The molecule has 3 rings (SSSR count). The van der Waals surface area contributed by atoms with Gasteiger partial charge in [-0.05, 0) is 30.9 Å². The third-order valence-electron chi connectivity index (χ3n) is 3.58. The lowest BCUT2D eigenvalue weighted by Gasteiger charge is -2.20. The number of nitrogens with zero attached hydrogens (tertiary/aromatic N) is 3. The Bertz CT molecular complexity index is 574. The number of carbonyl (C=O) groups is 1. The summed E-state index contributed by atoms with van der Waals surface area (Å²) in [7, 11) is 0. The molecule has 0 amide bonds.